The van der Waals surface area contributed by atoms with Crippen LogP contribution in [0.15, 0.2) is 217 Å². The van der Waals surface area contributed by atoms with Gasteiger partial charge in [-0.2, -0.15) is 0 Å². The molecule has 0 N–H and O–H groups in total. The molecule has 0 spiro atoms. The Kier molecular flexibility index (Phi) is 7.85. The molecule has 1 aromatic heterocycles. The first-order valence-corrected chi connectivity index (χ1v) is 18.4. The van der Waals surface area contributed by atoms with Crippen LogP contribution in [0.25, 0.3) is 77.2 Å². The Morgan fingerprint density at radius 1 is 0.333 bits per heavy atom. The lowest BCUT2D eigenvalue weighted by Gasteiger charge is -2.29. The largest absolute Gasteiger partial charge is 0.455 e. The molecule has 0 aliphatic carbocycles. The Labute approximate surface area is 314 Å². The number of hydrogen-bond acceptors (Lipinski definition) is 2. The average molecular weight is 690 g/mol. The van der Waals surface area contributed by atoms with Crippen LogP contribution in [0, 0.1) is 0 Å². The number of rotatable bonds is 7. The summed E-state index contributed by atoms with van der Waals surface area (Å²) in [5.74, 6) is 0. The molecule has 0 bridgehead atoms. The number of para-hydroxylation sites is 2. The molecule has 0 saturated carbocycles. The second-order valence-corrected chi connectivity index (χ2v) is 13.6. The van der Waals surface area contributed by atoms with Crippen LogP contribution in [-0.2, 0) is 0 Å². The van der Waals surface area contributed by atoms with E-state index in [0.29, 0.717) is 0 Å². The number of anilines is 3. The Morgan fingerprint density at radius 2 is 0.926 bits per heavy atom. The molecule has 10 rings (SSSR count). The van der Waals surface area contributed by atoms with Gasteiger partial charge < -0.3 is 9.32 Å². The summed E-state index contributed by atoms with van der Waals surface area (Å²) in [7, 11) is 0. The molecule has 2 heteroatoms. The van der Waals surface area contributed by atoms with Crippen molar-refractivity contribution in [3.63, 3.8) is 0 Å². The molecule has 9 aromatic carbocycles. The van der Waals surface area contributed by atoms with Crippen LogP contribution in [-0.4, -0.2) is 0 Å². The van der Waals surface area contributed by atoms with Gasteiger partial charge in [0, 0.05) is 22.2 Å². The zero-order valence-corrected chi connectivity index (χ0v) is 29.6. The molecule has 0 fully saturated rings. The van der Waals surface area contributed by atoms with Gasteiger partial charge in [-0.05, 0) is 80.6 Å². The highest BCUT2D eigenvalue weighted by Gasteiger charge is 2.25. The first-order chi connectivity index (χ1) is 26.8. The number of nitrogens with zero attached hydrogens (tertiary/aromatic N) is 1. The van der Waals surface area contributed by atoms with E-state index >= 15 is 0 Å². The molecule has 0 unspecified atom stereocenters. The molecule has 0 atom stereocenters. The van der Waals surface area contributed by atoms with Gasteiger partial charge in [0.15, 0.2) is 0 Å². The lowest BCUT2D eigenvalue weighted by molar-refractivity contribution is 0.670. The summed E-state index contributed by atoms with van der Waals surface area (Å²) >= 11 is 0. The van der Waals surface area contributed by atoms with Crippen molar-refractivity contribution in [3.8, 4) is 44.5 Å². The minimum absolute atomic E-state index is 0.863. The third kappa shape index (κ3) is 5.44. The molecule has 254 valence electrons. The fraction of sp³-hybridized carbons (Fsp3) is 0. The second-order valence-electron chi connectivity index (χ2n) is 13.6. The van der Waals surface area contributed by atoms with Gasteiger partial charge in [-0.3, -0.25) is 0 Å². The van der Waals surface area contributed by atoms with Gasteiger partial charge in [0.25, 0.3) is 0 Å². The molecule has 2 nitrogen and oxygen atoms in total. The van der Waals surface area contributed by atoms with E-state index in [-0.39, 0.29) is 0 Å². The molecular formula is C52H35NO. The van der Waals surface area contributed by atoms with Crippen LogP contribution < -0.4 is 4.90 Å². The smallest absolute Gasteiger partial charge is 0.145 e. The molecule has 0 saturated heterocycles. The predicted molar refractivity (Wildman–Crippen MR) is 228 cm³/mol. The van der Waals surface area contributed by atoms with Crippen LogP contribution in [0.2, 0.25) is 0 Å². The summed E-state index contributed by atoms with van der Waals surface area (Å²) in [4.78, 5) is 2.43. The van der Waals surface area contributed by atoms with E-state index in [0.717, 1.165) is 61.3 Å². The Balaban J connectivity index is 1.28. The first kappa shape index (κ1) is 31.6. The maximum Gasteiger partial charge on any atom is 0.145 e. The summed E-state index contributed by atoms with van der Waals surface area (Å²) in [6.45, 7) is 0. The van der Waals surface area contributed by atoms with Crippen molar-refractivity contribution in [3.05, 3.63) is 212 Å². The molecule has 1 heterocycles. The quantitative estimate of drug-likeness (QED) is 0.166. The summed E-state index contributed by atoms with van der Waals surface area (Å²) in [5, 5.41) is 4.56. The molecule has 0 aliphatic heterocycles. The minimum Gasteiger partial charge on any atom is -0.455 e. The highest BCUT2D eigenvalue weighted by atomic mass is 16.3. The van der Waals surface area contributed by atoms with Crippen LogP contribution in [0.4, 0.5) is 17.1 Å². The van der Waals surface area contributed by atoms with E-state index in [9.17, 15) is 0 Å². The molecule has 0 radical (unpaired) electrons. The van der Waals surface area contributed by atoms with Crippen LogP contribution in [0.3, 0.4) is 0 Å². The molecule has 0 aliphatic rings. The minimum atomic E-state index is 0.863. The lowest BCUT2D eigenvalue weighted by atomic mass is 9.92. The van der Waals surface area contributed by atoms with Crippen LogP contribution in [0.1, 0.15) is 0 Å². The maximum atomic E-state index is 6.91. The van der Waals surface area contributed by atoms with Gasteiger partial charge in [-0.1, -0.05) is 176 Å². The molecule has 0 amide bonds. The van der Waals surface area contributed by atoms with Gasteiger partial charge in [-0.15, -0.1) is 0 Å². The summed E-state index contributed by atoms with van der Waals surface area (Å²) in [6.07, 6.45) is 0. The molecular weight excluding hydrogens is 655 g/mol. The Morgan fingerprint density at radius 3 is 1.76 bits per heavy atom. The van der Waals surface area contributed by atoms with Gasteiger partial charge in [0.1, 0.15) is 11.2 Å². The van der Waals surface area contributed by atoms with E-state index in [1.807, 2.05) is 0 Å². The summed E-state index contributed by atoms with van der Waals surface area (Å²) in [5.41, 5.74) is 14.2. The zero-order valence-electron chi connectivity index (χ0n) is 29.6. The first-order valence-electron chi connectivity index (χ1n) is 18.4. The topological polar surface area (TPSA) is 16.4 Å². The fourth-order valence-corrected chi connectivity index (χ4v) is 8.02. The van der Waals surface area contributed by atoms with Crippen molar-refractivity contribution in [2.45, 2.75) is 0 Å². The summed E-state index contributed by atoms with van der Waals surface area (Å²) < 4.78 is 6.91. The number of fused-ring (bicyclic) bond motifs is 4. The van der Waals surface area contributed by atoms with E-state index < -0.39 is 0 Å². The Bertz CT molecular complexity index is 2940. The number of furan rings is 1. The van der Waals surface area contributed by atoms with E-state index in [4.69, 9.17) is 4.42 Å². The average Bonchev–Trinajstić information content (AvgIpc) is 3.65. The van der Waals surface area contributed by atoms with Gasteiger partial charge in [0.05, 0.1) is 16.8 Å². The summed E-state index contributed by atoms with van der Waals surface area (Å²) in [6, 6.07) is 75.8. The van der Waals surface area contributed by atoms with E-state index in [1.165, 1.54) is 33.0 Å². The Hall–Kier alpha value is -7.16. The normalized spacial score (nSPS) is 11.3. The van der Waals surface area contributed by atoms with Crippen molar-refractivity contribution >= 4 is 49.8 Å². The third-order valence-electron chi connectivity index (χ3n) is 10.5. The van der Waals surface area contributed by atoms with Gasteiger partial charge in [0.2, 0.25) is 0 Å². The van der Waals surface area contributed by atoms with Gasteiger partial charge in [-0.25, -0.2) is 0 Å². The van der Waals surface area contributed by atoms with Crippen LogP contribution in [0.5, 0.6) is 0 Å². The van der Waals surface area contributed by atoms with Crippen molar-refractivity contribution < 1.29 is 4.42 Å². The van der Waals surface area contributed by atoms with E-state index in [1.54, 1.807) is 0 Å². The highest BCUT2D eigenvalue weighted by molar-refractivity contribution is 6.19. The van der Waals surface area contributed by atoms with Gasteiger partial charge >= 0.3 is 0 Å². The van der Waals surface area contributed by atoms with Crippen molar-refractivity contribution in [2.24, 2.45) is 0 Å². The van der Waals surface area contributed by atoms with Crippen LogP contribution >= 0.6 is 0 Å². The van der Waals surface area contributed by atoms with Crippen molar-refractivity contribution in [1.29, 1.82) is 0 Å². The fourth-order valence-electron chi connectivity index (χ4n) is 8.02. The van der Waals surface area contributed by atoms with Crippen molar-refractivity contribution in [1.82, 2.24) is 0 Å². The molecule has 10 aromatic rings. The lowest BCUT2D eigenvalue weighted by Crippen LogP contribution is -2.12. The highest BCUT2D eigenvalue weighted by Crippen LogP contribution is 2.50. The number of benzene rings is 9. The SMILES string of the molecule is c1ccc(-c2cccc(N(c3ccccc3-c3ccccc3-c3ccccc3)c3ccc(-c4cccc5ccccc45)c4oc5ccccc5c34)c2)cc1. The third-order valence-corrected chi connectivity index (χ3v) is 10.5. The van der Waals surface area contributed by atoms with E-state index in [2.05, 4.69) is 217 Å². The second kappa shape index (κ2) is 13.4. The number of hydrogen-bond donors (Lipinski definition) is 0. The zero-order chi connectivity index (χ0) is 35.8. The maximum absolute atomic E-state index is 6.91. The predicted octanol–water partition coefficient (Wildman–Crippen LogP) is 14.9. The molecule has 54 heavy (non-hydrogen) atoms. The van der Waals surface area contributed by atoms with Crippen molar-refractivity contribution in [2.75, 3.05) is 4.90 Å². The monoisotopic (exact) mass is 689 g/mol. The standard InChI is InChI=1S/C52H35NO/c1-3-17-36(18-4-1)39-23-15-24-40(35-39)53(48-31-13-11-28-45(48)43-27-10-9-26-41(43)37-19-5-2-6-20-37)49-34-33-46(44-30-16-22-38-21-7-8-25-42(38)44)52-51(49)47-29-12-14-32-50(47)54-52/h1-35H.